The largest absolute Gasteiger partial charge is 0.392 e. The topological polar surface area (TPSA) is 83.0 Å². The molecule has 25 heavy (non-hydrogen) atoms. The van der Waals surface area contributed by atoms with Crippen molar-refractivity contribution in [3.8, 4) is 11.3 Å². The Hall–Kier alpha value is -2.91. The molecule has 3 heterocycles. The number of alkyl halides is 3. The average molecular weight is 354 g/mol. The van der Waals surface area contributed by atoms with Crippen LogP contribution in [-0.2, 0) is 0 Å². The molecular formula is C15H10F4N4O2. The predicted octanol–water partition coefficient (Wildman–Crippen LogP) is 2.18. The molecule has 0 aromatic carbocycles. The van der Waals surface area contributed by atoms with Gasteiger partial charge in [0.1, 0.15) is 5.52 Å². The fourth-order valence-electron chi connectivity index (χ4n) is 3.03. The minimum Gasteiger partial charge on any atom is -0.313 e. The van der Waals surface area contributed by atoms with Crippen molar-refractivity contribution in [1.82, 2.24) is 19.6 Å². The highest BCUT2D eigenvalue weighted by molar-refractivity contribution is 5.66. The molecule has 0 radical (unpaired) electrons. The molecule has 2 N–H and O–H groups in total. The number of hydrogen-bond donors (Lipinski definition) is 2. The lowest BCUT2D eigenvalue weighted by Gasteiger charge is -2.09. The van der Waals surface area contributed by atoms with E-state index in [9.17, 15) is 27.2 Å². The zero-order valence-corrected chi connectivity index (χ0v) is 12.4. The number of H-pyrrole nitrogens is 2. The number of rotatable bonds is 2. The standard InChI is InChI=1S/C15H10F4N4O2/c16-10-1-2-23-12(10)7(6-3-9(6)15(17,18)19)4-11(22-23)8-5-20-14(25)21-13(8)24/h1-2,4-6,9H,3H2,(H2,20,21,24,25)/t6-,9+/m1/s1. The Bertz CT molecular complexity index is 1100. The number of hydrogen-bond acceptors (Lipinski definition) is 3. The molecule has 130 valence electrons. The predicted molar refractivity (Wildman–Crippen MR) is 78.7 cm³/mol. The molecule has 10 heteroatoms. The lowest BCUT2D eigenvalue weighted by molar-refractivity contribution is -0.148. The van der Waals surface area contributed by atoms with Gasteiger partial charge >= 0.3 is 11.9 Å². The molecule has 1 aliphatic carbocycles. The number of nitrogens with zero attached hydrogens (tertiary/aromatic N) is 2. The number of halogens is 4. The highest BCUT2D eigenvalue weighted by Gasteiger charge is 2.56. The Morgan fingerprint density at radius 2 is 2.04 bits per heavy atom. The molecule has 0 aliphatic heterocycles. The molecule has 1 saturated carbocycles. The first-order valence-electron chi connectivity index (χ1n) is 7.32. The van der Waals surface area contributed by atoms with Gasteiger partial charge in [-0.05, 0) is 30.0 Å². The molecule has 1 aliphatic rings. The van der Waals surface area contributed by atoms with Crippen molar-refractivity contribution in [2.45, 2.75) is 18.5 Å². The maximum Gasteiger partial charge on any atom is 0.392 e. The summed E-state index contributed by atoms with van der Waals surface area (Å²) in [7, 11) is 0. The van der Waals surface area contributed by atoms with Crippen molar-refractivity contribution in [1.29, 1.82) is 0 Å². The minimum absolute atomic E-state index is 0.0268. The van der Waals surface area contributed by atoms with Crippen LogP contribution in [0.2, 0.25) is 0 Å². The molecular weight excluding hydrogens is 344 g/mol. The monoisotopic (exact) mass is 354 g/mol. The van der Waals surface area contributed by atoms with Crippen LogP contribution in [0, 0.1) is 11.7 Å². The summed E-state index contributed by atoms with van der Waals surface area (Å²) in [4.78, 5) is 27.3. The summed E-state index contributed by atoms with van der Waals surface area (Å²) in [6.07, 6.45) is -2.13. The van der Waals surface area contributed by atoms with Crippen molar-refractivity contribution in [3.05, 3.63) is 56.7 Å². The van der Waals surface area contributed by atoms with Gasteiger partial charge in [0.25, 0.3) is 5.56 Å². The fourth-order valence-corrected chi connectivity index (χ4v) is 3.03. The van der Waals surface area contributed by atoms with E-state index in [0.717, 1.165) is 16.8 Å². The number of aromatic nitrogens is 4. The zero-order valence-electron chi connectivity index (χ0n) is 12.4. The van der Waals surface area contributed by atoms with Gasteiger partial charge in [-0.1, -0.05) is 0 Å². The summed E-state index contributed by atoms with van der Waals surface area (Å²) >= 11 is 0. The van der Waals surface area contributed by atoms with Gasteiger partial charge in [-0.15, -0.1) is 0 Å². The molecule has 0 unspecified atom stereocenters. The molecule has 0 spiro atoms. The van der Waals surface area contributed by atoms with Crippen LogP contribution < -0.4 is 11.2 Å². The lowest BCUT2D eigenvalue weighted by atomic mass is 10.1. The van der Waals surface area contributed by atoms with Gasteiger partial charge in [-0.25, -0.2) is 13.7 Å². The zero-order chi connectivity index (χ0) is 17.9. The Morgan fingerprint density at radius 3 is 2.68 bits per heavy atom. The molecule has 3 aromatic rings. The SMILES string of the molecule is O=c1[nH]cc(-c2cc([C@H]3C[C@@H]3C(F)(F)F)c3c(F)ccn3n2)c(=O)[nH]1. The van der Waals surface area contributed by atoms with E-state index in [2.05, 4.69) is 10.1 Å². The molecule has 0 saturated heterocycles. The van der Waals surface area contributed by atoms with Crippen molar-refractivity contribution < 1.29 is 17.6 Å². The first kappa shape index (κ1) is 15.6. The fraction of sp³-hybridized carbons (Fsp3) is 0.267. The van der Waals surface area contributed by atoms with Crippen molar-refractivity contribution in [2.75, 3.05) is 0 Å². The van der Waals surface area contributed by atoms with Crippen LogP contribution in [0.25, 0.3) is 16.8 Å². The second-order valence-electron chi connectivity index (χ2n) is 5.92. The van der Waals surface area contributed by atoms with Gasteiger partial charge in [0, 0.05) is 12.4 Å². The molecule has 6 nitrogen and oxygen atoms in total. The highest BCUT2D eigenvalue weighted by Crippen LogP contribution is 2.57. The van der Waals surface area contributed by atoms with Gasteiger partial charge in [0.2, 0.25) is 0 Å². The van der Waals surface area contributed by atoms with Crippen molar-refractivity contribution >= 4 is 5.52 Å². The third-order valence-electron chi connectivity index (χ3n) is 4.30. The first-order chi connectivity index (χ1) is 11.8. The summed E-state index contributed by atoms with van der Waals surface area (Å²) < 4.78 is 53.9. The lowest BCUT2D eigenvalue weighted by Crippen LogP contribution is -2.23. The Morgan fingerprint density at radius 1 is 1.28 bits per heavy atom. The summed E-state index contributed by atoms with van der Waals surface area (Å²) in [5.41, 5.74) is -1.34. The Labute approximate surface area is 136 Å². The minimum atomic E-state index is -4.37. The van der Waals surface area contributed by atoms with E-state index in [1.54, 1.807) is 0 Å². The van der Waals surface area contributed by atoms with E-state index < -0.39 is 35.1 Å². The van der Waals surface area contributed by atoms with Gasteiger partial charge in [0.15, 0.2) is 5.82 Å². The van der Waals surface area contributed by atoms with Crippen molar-refractivity contribution in [2.24, 2.45) is 5.92 Å². The Kier molecular flexibility index (Phi) is 3.15. The smallest absolute Gasteiger partial charge is 0.313 e. The van der Waals surface area contributed by atoms with E-state index in [0.29, 0.717) is 0 Å². The summed E-state index contributed by atoms with van der Waals surface area (Å²) in [6, 6.07) is 2.37. The van der Waals surface area contributed by atoms with Crippen LogP contribution in [0.3, 0.4) is 0 Å². The van der Waals surface area contributed by atoms with Crippen molar-refractivity contribution in [3.63, 3.8) is 0 Å². The first-order valence-corrected chi connectivity index (χ1v) is 7.32. The molecule has 0 amide bonds. The average Bonchev–Trinajstić information content (AvgIpc) is 3.25. The normalized spacial score (nSPS) is 20.2. The molecule has 1 fully saturated rings. The summed E-state index contributed by atoms with van der Waals surface area (Å²) in [5.74, 6) is -3.12. The quantitative estimate of drug-likeness (QED) is 0.692. The number of aromatic amines is 2. The summed E-state index contributed by atoms with van der Waals surface area (Å²) in [6.45, 7) is 0. The van der Waals surface area contributed by atoms with Crippen LogP contribution in [-0.4, -0.2) is 25.8 Å². The molecule has 0 bridgehead atoms. The van der Waals surface area contributed by atoms with Gasteiger partial charge in [0.05, 0.1) is 17.2 Å². The number of nitrogens with one attached hydrogen (secondary N) is 2. The third kappa shape index (κ3) is 2.53. The summed E-state index contributed by atoms with van der Waals surface area (Å²) in [5, 5.41) is 4.07. The molecule has 2 atom stereocenters. The maximum atomic E-state index is 14.0. The van der Waals surface area contributed by atoms with Crippen LogP contribution in [0.4, 0.5) is 17.6 Å². The van der Waals surface area contributed by atoms with Gasteiger partial charge < -0.3 is 4.98 Å². The highest BCUT2D eigenvalue weighted by atomic mass is 19.4. The second kappa shape index (κ2) is 5.04. The van der Waals surface area contributed by atoms with E-state index in [1.807, 2.05) is 4.98 Å². The van der Waals surface area contributed by atoms with Gasteiger partial charge in [-0.2, -0.15) is 18.3 Å². The van der Waals surface area contributed by atoms with Crippen LogP contribution in [0.5, 0.6) is 0 Å². The van der Waals surface area contributed by atoms with E-state index in [4.69, 9.17) is 0 Å². The van der Waals surface area contributed by atoms with E-state index in [1.165, 1.54) is 12.3 Å². The number of fused-ring (bicyclic) bond motifs is 1. The van der Waals surface area contributed by atoms with Crippen LogP contribution >= 0.6 is 0 Å². The molecule has 3 aromatic heterocycles. The molecule has 4 rings (SSSR count). The van der Waals surface area contributed by atoms with E-state index in [-0.39, 0.29) is 28.8 Å². The van der Waals surface area contributed by atoms with E-state index >= 15 is 0 Å². The van der Waals surface area contributed by atoms with Gasteiger partial charge in [-0.3, -0.25) is 9.78 Å². The van der Waals surface area contributed by atoms with Crippen LogP contribution in [0.1, 0.15) is 17.9 Å². The third-order valence-corrected chi connectivity index (χ3v) is 4.30. The maximum absolute atomic E-state index is 14.0. The van der Waals surface area contributed by atoms with Crippen LogP contribution in [0.15, 0.2) is 34.1 Å². The second-order valence-corrected chi connectivity index (χ2v) is 5.92. The Balaban J connectivity index is 1.91.